The Balaban J connectivity index is 2.95. The zero-order valence-electron chi connectivity index (χ0n) is 4.98. The molecule has 0 saturated heterocycles. The summed E-state index contributed by atoms with van der Waals surface area (Å²) < 4.78 is 4.87. The van der Waals surface area contributed by atoms with Gasteiger partial charge in [0.1, 0.15) is 5.52 Å². The number of thiol groups is 1. The normalized spacial score (nSPS) is 10.5. The Labute approximate surface area is 67.5 Å². The van der Waals surface area contributed by atoms with Crippen LogP contribution in [-0.4, -0.2) is 9.59 Å². The maximum Gasteiger partial charge on any atom is 0.107 e. The number of hydrogen-bond acceptors (Lipinski definition) is 4. The van der Waals surface area contributed by atoms with Crippen molar-refractivity contribution in [1.29, 1.82) is 0 Å². The molecule has 2 nitrogen and oxygen atoms in total. The third-order valence-corrected chi connectivity index (χ3v) is 2.55. The summed E-state index contributed by atoms with van der Waals surface area (Å²) >= 11 is 5.62. The molecule has 10 heavy (non-hydrogen) atoms. The second-order valence-electron chi connectivity index (χ2n) is 1.90. The van der Waals surface area contributed by atoms with Gasteiger partial charge in [0.15, 0.2) is 0 Å². The van der Waals surface area contributed by atoms with Crippen LogP contribution in [0.4, 0.5) is 0 Å². The van der Waals surface area contributed by atoms with Crippen LogP contribution in [0.25, 0.3) is 10.2 Å². The molecule has 0 N–H and O–H groups in total. The molecule has 0 radical (unpaired) electrons. The van der Waals surface area contributed by atoms with Crippen molar-refractivity contribution in [3.63, 3.8) is 0 Å². The molecule has 1 aromatic heterocycles. The molecular formula is C6H4N2S2. The van der Waals surface area contributed by atoms with Gasteiger partial charge in [-0.15, -0.1) is 17.7 Å². The van der Waals surface area contributed by atoms with Crippen LogP contribution in [0.3, 0.4) is 0 Å². The quantitative estimate of drug-likeness (QED) is 0.609. The van der Waals surface area contributed by atoms with Gasteiger partial charge in [-0.1, -0.05) is 10.6 Å². The van der Waals surface area contributed by atoms with E-state index in [1.165, 1.54) is 11.5 Å². The number of fused-ring (bicyclic) bond motifs is 1. The van der Waals surface area contributed by atoms with E-state index in [-0.39, 0.29) is 0 Å². The lowest BCUT2D eigenvalue weighted by Gasteiger charge is -1.87. The minimum Gasteiger partial charge on any atom is -0.142 e. The molecule has 0 spiro atoms. The molecule has 4 heteroatoms. The SMILES string of the molecule is Sc1cccc2nnsc12. The smallest absolute Gasteiger partial charge is 0.107 e. The van der Waals surface area contributed by atoms with E-state index in [0.717, 1.165) is 15.1 Å². The molecule has 1 aromatic carbocycles. The molecule has 0 aliphatic carbocycles. The Morgan fingerprint density at radius 2 is 2.30 bits per heavy atom. The predicted molar refractivity (Wildman–Crippen MR) is 44.7 cm³/mol. The van der Waals surface area contributed by atoms with Gasteiger partial charge in [-0.2, -0.15) is 0 Å². The summed E-state index contributed by atoms with van der Waals surface area (Å²) in [6.45, 7) is 0. The lowest BCUT2D eigenvalue weighted by molar-refractivity contribution is 1.20. The van der Waals surface area contributed by atoms with Crippen molar-refractivity contribution in [2.24, 2.45) is 0 Å². The maximum atomic E-state index is 4.25. The van der Waals surface area contributed by atoms with E-state index in [9.17, 15) is 0 Å². The lowest BCUT2D eigenvalue weighted by Crippen LogP contribution is -1.67. The van der Waals surface area contributed by atoms with Gasteiger partial charge in [0.2, 0.25) is 0 Å². The summed E-state index contributed by atoms with van der Waals surface area (Å²) in [6, 6.07) is 5.79. The second-order valence-corrected chi connectivity index (χ2v) is 3.13. The number of hydrogen-bond donors (Lipinski definition) is 1. The monoisotopic (exact) mass is 168 g/mol. The molecule has 2 rings (SSSR count). The van der Waals surface area contributed by atoms with Gasteiger partial charge in [0, 0.05) is 4.90 Å². The average molecular weight is 168 g/mol. The number of benzene rings is 1. The minimum atomic E-state index is 0.928. The van der Waals surface area contributed by atoms with Crippen molar-refractivity contribution in [2.75, 3.05) is 0 Å². The largest absolute Gasteiger partial charge is 0.142 e. The highest BCUT2D eigenvalue weighted by molar-refractivity contribution is 7.80. The van der Waals surface area contributed by atoms with Gasteiger partial charge in [-0.3, -0.25) is 0 Å². The van der Waals surface area contributed by atoms with E-state index < -0.39 is 0 Å². The van der Waals surface area contributed by atoms with E-state index in [0.29, 0.717) is 0 Å². The van der Waals surface area contributed by atoms with Gasteiger partial charge in [-0.05, 0) is 23.7 Å². The van der Waals surface area contributed by atoms with Crippen molar-refractivity contribution < 1.29 is 0 Å². The highest BCUT2D eigenvalue weighted by Crippen LogP contribution is 2.22. The van der Waals surface area contributed by atoms with Crippen LogP contribution in [0.15, 0.2) is 23.1 Å². The molecular weight excluding hydrogens is 164 g/mol. The van der Waals surface area contributed by atoms with E-state index in [1.54, 1.807) is 0 Å². The number of rotatable bonds is 0. The third-order valence-electron chi connectivity index (χ3n) is 1.25. The van der Waals surface area contributed by atoms with Crippen molar-refractivity contribution in [3.8, 4) is 0 Å². The van der Waals surface area contributed by atoms with E-state index in [2.05, 4.69) is 22.2 Å². The first-order valence-electron chi connectivity index (χ1n) is 2.78. The highest BCUT2D eigenvalue weighted by atomic mass is 32.1. The van der Waals surface area contributed by atoms with Gasteiger partial charge in [0.25, 0.3) is 0 Å². The Kier molecular flexibility index (Phi) is 1.35. The van der Waals surface area contributed by atoms with Crippen molar-refractivity contribution >= 4 is 34.4 Å². The first-order valence-corrected chi connectivity index (χ1v) is 4.00. The topological polar surface area (TPSA) is 25.8 Å². The zero-order chi connectivity index (χ0) is 6.97. The molecule has 0 amide bonds. The van der Waals surface area contributed by atoms with Crippen LogP contribution >= 0.6 is 24.2 Å². The van der Waals surface area contributed by atoms with Crippen LogP contribution in [0, 0.1) is 0 Å². The molecule has 0 saturated carbocycles. The molecule has 50 valence electrons. The Bertz CT molecular complexity index is 355. The molecule has 1 heterocycles. The summed E-state index contributed by atoms with van der Waals surface area (Å²) in [5.74, 6) is 0. The predicted octanol–water partition coefficient (Wildman–Crippen LogP) is 1.98. The van der Waals surface area contributed by atoms with E-state index in [4.69, 9.17) is 0 Å². The van der Waals surface area contributed by atoms with Crippen LogP contribution in [0.2, 0.25) is 0 Å². The Morgan fingerprint density at radius 3 is 3.10 bits per heavy atom. The summed E-state index contributed by atoms with van der Waals surface area (Å²) in [4.78, 5) is 0.951. The summed E-state index contributed by atoms with van der Waals surface area (Å²) in [5.41, 5.74) is 0.928. The van der Waals surface area contributed by atoms with E-state index in [1.807, 2.05) is 18.2 Å². The van der Waals surface area contributed by atoms with Gasteiger partial charge >= 0.3 is 0 Å². The molecule has 0 atom stereocenters. The molecule has 0 fully saturated rings. The fraction of sp³-hybridized carbons (Fsp3) is 0. The summed E-state index contributed by atoms with van der Waals surface area (Å²) in [5, 5.41) is 3.90. The summed E-state index contributed by atoms with van der Waals surface area (Å²) in [7, 11) is 0. The average Bonchev–Trinajstić information content (AvgIpc) is 2.36. The van der Waals surface area contributed by atoms with Crippen LogP contribution in [0.1, 0.15) is 0 Å². The molecule has 2 aromatic rings. The fourth-order valence-electron chi connectivity index (χ4n) is 0.790. The van der Waals surface area contributed by atoms with Gasteiger partial charge in [-0.25, -0.2) is 0 Å². The van der Waals surface area contributed by atoms with Crippen LogP contribution in [0.5, 0.6) is 0 Å². The van der Waals surface area contributed by atoms with Crippen molar-refractivity contribution in [3.05, 3.63) is 18.2 Å². The lowest BCUT2D eigenvalue weighted by atomic mass is 10.3. The van der Waals surface area contributed by atoms with Crippen LogP contribution < -0.4 is 0 Å². The van der Waals surface area contributed by atoms with Gasteiger partial charge < -0.3 is 0 Å². The Hall–Kier alpha value is -0.610. The molecule has 0 bridgehead atoms. The van der Waals surface area contributed by atoms with Gasteiger partial charge in [0.05, 0.1) is 4.70 Å². The number of aromatic nitrogens is 2. The molecule has 0 unspecified atom stereocenters. The minimum absolute atomic E-state index is 0.928. The first kappa shape index (κ1) is 6.12. The summed E-state index contributed by atoms with van der Waals surface area (Å²) in [6.07, 6.45) is 0. The van der Waals surface area contributed by atoms with Crippen LogP contribution in [-0.2, 0) is 0 Å². The first-order chi connectivity index (χ1) is 4.88. The Morgan fingerprint density at radius 1 is 1.40 bits per heavy atom. The number of nitrogens with zero attached hydrogens (tertiary/aromatic N) is 2. The maximum absolute atomic E-state index is 4.25. The molecule has 0 aliphatic heterocycles. The standard InChI is InChI=1S/C6H4N2S2/c9-5-3-1-2-4-6(5)10-8-7-4/h1-3,9H. The van der Waals surface area contributed by atoms with Crippen molar-refractivity contribution in [2.45, 2.75) is 4.90 Å². The highest BCUT2D eigenvalue weighted by Gasteiger charge is 1.98. The second kappa shape index (κ2) is 2.21. The molecule has 0 aliphatic rings. The third kappa shape index (κ3) is 0.803. The fourth-order valence-corrected chi connectivity index (χ4v) is 1.69. The van der Waals surface area contributed by atoms with E-state index >= 15 is 0 Å². The zero-order valence-corrected chi connectivity index (χ0v) is 6.69. The van der Waals surface area contributed by atoms with Crippen molar-refractivity contribution in [1.82, 2.24) is 9.59 Å².